The Kier molecular flexibility index (Phi) is 8.14. The highest BCUT2D eigenvalue weighted by Crippen LogP contribution is 2.70. The standard InChI is InChI=1S/C32H48O5/c1-21-25(19-26(36-22(2)33)20-28(21)37-23(3)34)11-10-24-9-7-15-31(6)27(24)12-13-29(31)32(17-18-32)16-8-14-30(4,5)35/h10-11,26-29,35H,1,7-9,12-20H2,2-6H3/b24-10+,25-11-/t26-,27?,28+,29+,31+/m1/s1. The van der Waals surface area contributed by atoms with E-state index in [0.29, 0.717) is 29.6 Å². The van der Waals surface area contributed by atoms with Gasteiger partial charge in [-0.2, -0.15) is 0 Å². The summed E-state index contributed by atoms with van der Waals surface area (Å²) in [6.45, 7) is 13.5. The molecule has 4 fully saturated rings. The Morgan fingerprint density at radius 1 is 1.11 bits per heavy atom. The zero-order valence-corrected chi connectivity index (χ0v) is 23.7. The lowest BCUT2D eigenvalue weighted by Gasteiger charge is -2.45. The Morgan fingerprint density at radius 3 is 2.43 bits per heavy atom. The minimum Gasteiger partial charge on any atom is -0.462 e. The van der Waals surface area contributed by atoms with Crippen LogP contribution in [-0.2, 0) is 19.1 Å². The first-order valence-electron chi connectivity index (χ1n) is 14.5. The maximum absolute atomic E-state index is 11.7. The highest BCUT2D eigenvalue weighted by molar-refractivity contribution is 5.67. The van der Waals surface area contributed by atoms with Gasteiger partial charge in [0.2, 0.25) is 0 Å². The molecule has 1 N–H and O–H groups in total. The van der Waals surface area contributed by atoms with Gasteiger partial charge in [0.15, 0.2) is 0 Å². The van der Waals surface area contributed by atoms with Crippen LogP contribution in [0.5, 0.6) is 0 Å². The molecule has 1 unspecified atom stereocenters. The van der Waals surface area contributed by atoms with E-state index in [9.17, 15) is 14.7 Å². The molecule has 0 amide bonds. The molecule has 5 heteroatoms. The fourth-order valence-electron chi connectivity index (χ4n) is 8.13. The number of hydrogen-bond acceptors (Lipinski definition) is 5. The topological polar surface area (TPSA) is 72.8 Å². The number of hydrogen-bond donors (Lipinski definition) is 1. The smallest absolute Gasteiger partial charge is 0.303 e. The predicted molar refractivity (Wildman–Crippen MR) is 146 cm³/mol. The van der Waals surface area contributed by atoms with Crippen LogP contribution < -0.4 is 0 Å². The summed E-state index contributed by atoms with van der Waals surface area (Å²) < 4.78 is 11.0. The third-order valence-electron chi connectivity index (χ3n) is 9.92. The maximum Gasteiger partial charge on any atom is 0.303 e. The molecule has 37 heavy (non-hydrogen) atoms. The molecule has 5 nitrogen and oxygen atoms in total. The van der Waals surface area contributed by atoms with Crippen molar-refractivity contribution in [3.05, 3.63) is 35.5 Å². The molecule has 0 aliphatic heterocycles. The first kappa shape index (κ1) is 28.1. The zero-order chi connectivity index (χ0) is 27.0. The average molecular weight is 513 g/mol. The number of aliphatic hydroxyl groups is 1. The Labute approximate surface area is 223 Å². The maximum atomic E-state index is 11.7. The van der Waals surface area contributed by atoms with Crippen LogP contribution >= 0.6 is 0 Å². The van der Waals surface area contributed by atoms with Crippen molar-refractivity contribution < 1.29 is 24.2 Å². The van der Waals surface area contributed by atoms with Crippen molar-refractivity contribution in [1.29, 1.82) is 0 Å². The molecule has 0 spiro atoms. The lowest BCUT2D eigenvalue weighted by atomic mass is 9.59. The van der Waals surface area contributed by atoms with Gasteiger partial charge in [0.1, 0.15) is 12.2 Å². The second-order valence-corrected chi connectivity index (χ2v) is 13.3. The van der Waals surface area contributed by atoms with Gasteiger partial charge in [0.05, 0.1) is 5.60 Å². The molecular weight excluding hydrogens is 464 g/mol. The van der Waals surface area contributed by atoms with E-state index in [1.807, 2.05) is 13.8 Å². The molecule has 0 heterocycles. The number of allylic oxidation sites excluding steroid dienone is 3. The number of carbonyl (C=O) groups is 2. The average Bonchev–Trinajstić information content (AvgIpc) is 3.45. The quantitative estimate of drug-likeness (QED) is 0.355. The van der Waals surface area contributed by atoms with E-state index in [2.05, 4.69) is 25.7 Å². The third-order valence-corrected chi connectivity index (χ3v) is 9.92. The molecular formula is C32H48O5. The SMILES string of the molecule is C=C1/C(=C\C=C2/CCC[C@@]3(C)C2CC[C@@H]3C2(CCCC(C)(C)O)CC2)C[C@@H](OC(C)=O)C[C@@H]1OC(C)=O. The molecule has 206 valence electrons. The molecule has 0 saturated heterocycles. The van der Waals surface area contributed by atoms with Gasteiger partial charge in [-0.25, -0.2) is 0 Å². The molecule has 0 aromatic rings. The van der Waals surface area contributed by atoms with Crippen LogP contribution in [0.1, 0.15) is 112 Å². The number of carbonyl (C=O) groups excluding carboxylic acids is 2. The first-order valence-corrected chi connectivity index (χ1v) is 14.5. The molecule has 4 aliphatic carbocycles. The first-order chi connectivity index (χ1) is 17.3. The molecule has 0 radical (unpaired) electrons. The lowest BCUT2D eigenvalue weighted by molar-refractivity contribution is -0.152. The number of ether oxygens (including phenoxy) is 2. The molecule has 0 bridgehead atoms. The monoisotopic (exact) mass is 512 g/mol. The molecule has 0 aromatic heterocycles. The second-order valence-electron chi connectivity index (χ2n) is 13.3. The summed E-state index contributed by atoms with van der Waals surface area (Å²) >= 11 is 0. The molecule has 0 aromatic carbocycles. The van der Waals surface area contributed by atoms with Gasteiger partial charge in [-0.05, 0) is 105 Å². The van der Waals surface area contributed by atoms with Crippen LogP contribution in [0.25, 0.3) is 0 Å². The molecule has 4 aliphatic rings. The van der Waals surface area contributed by atoms with Crippen LogP contribution in [0, 0.1) is 22.7 Å². The van der Waals surface area contributed by atoms with Gasteiger partial charge in [0.25, 0.3) is 0 Å². The normalized spacial score (nSPS) is 35.4. The Balaban J connectivity index is 1.51. The van der Waals surface area contributed by atoms with Gasteiger partial charge < -0.3 is 14.6 Å². The summed E-state index contributed by atoms with van der Waals surface area (Å²) in [5.74, 6) is 0.729. The lowest BCUT2D eigenvalue weighted by Crippen LogP contribution is -2.37. The molecule has 5 atom stereocenters. The Hall–Kier alpha value is -1.88. The van der Waals surface area contributed by atoms with E-state index in [1.165, 1.54) is 58.8 Å². The largest absolute Gasteiger partial charge is 0.462 e. The molecule has 4 rings (SSSR count). The Bertz CT molecular complexity index is 962. The number of fused-ring (bicyclic) bond motifs is 1. The van der Waals surface area contributed by atoms with E-state index < -0.39 is 11.7 Å². The highest BCUT2D eigenvalue weighted by Gasteiger charge is 2.60. The summed E-state index contributed by atoms with van der Waals surface area (Å²) in [6, 6.07) is 0. The summed E-state index contributed by atoms with van der Waals surface area (Å²) in [5.41, 5.74) is 3.64. The van der Waals surface area contributed by atoms with Crippen LogP contribution in [0.3, 0.4) is 0 Å². The van der Waals surface area contributed by atoms with E-state index in [1.54, 1.807) is 5.57 Å². The zero-order valence-electron chi connectivity index (χ0n) is 23.7. The van der Waals surface area contributed by atoms with Gasteiger partial charge >= 0.3 is 11.9 Å². The van der Waals surface area contributed by atoms with Crippen molar-refractivity contribution in [2.45, 2.75) is 129 Å². The van der Waals surface area contributed by atoms with E-state index >= 15 is 0 Å². The Morgan fingerprint density at radius 2 is 1.81 bits per heavy atom. The van der Waals surface area contributed by atoms with Crippen molar-refractivity contribution in [1.82, 2.24) is 0 Å². The summed E-state index contributed by atoms with van der Waals surface area (Å²) in [4.78, 5) is 23.3. The van der Waals surface area contributed by atoms with E-state index in [4.69, 9.17) is 9.47 Å². The van der Waals surface area contributed by atoms with Crippen molar-refractivity contribution in [3.63, 3.8) is 0 Å². The van der Waals surface area contributed by atoms with Gasteiger partial charge in [0, 0.05) is 26.7 Å². The van der Waals surface area contributed by atoms with E-state index in [-0.39, 0.29) is 18.0 Å². The van der Waals surface area contributed by atoms with Gasteiger partial charge in [-0.1, -0.05) is 37.6 Å². The fourth-order valence-corrected chi connectivity index (χ4v) is 8.13. The van der Waals surface area contributed by atoms with Crippen LogP contribution in [0.4, 0.5) is 0 Å². The second kappa shape index (κ2) is 10.7. The van der Waals surface area contributed by atoms with Crippen molar-refractivity contribution in [3.8, 4) is 0 Å². The van der Waals surface area contributed by atoms with Gasteiger partial charge in [-0.3, -0.25) is 9.59 Å². The number of rotatable bonds is 8. The van der Waals surface area contributed by atoms with Crippen LogP contribution in [-0.4, -0.2) is 34.9 Å². The van der Waals surface area contributed by atoms with Gasteiger partial charge in [-0.15, -0.1) is 0 Å². The van der Waals surface area contributed by atoms with Crippen LogP contribution in [0.15, 0.2) is 35.5 Å². The minimum atomic E-state index is -0.571. The van der Waals surface area contributed by atoms with Crippen molar-refractivity contribution in [2.24, 2.45) is 22.7 Å². The number of esters is 2. The van der Waals surface area contributed by atoms with Crippen LogP contribution in [0.2, 0.25) is 0 Å². The highest BCUT2D eigenvalue weighted by atomic mass is 16.6. The van der Waals surface area contributed by atoms with Crippen molar-refractivity contribution >= 4 is 11.9 Å². The fraction of sp³-hybridized carbons (Fsp3) is 0.750. The van der Waals surface area contributed by atoms with E-state index in [0.717, 1.165) is 36.3 Å². The summed E-state index contributed by atoms with van der Waals surface area (Å²) in [5, 5.41) is 10.2. The van der Waals surface area contributed by atoms with Crippen molar-refractivity contribution in [2.75, 3.05) is 0 Å². The molecule has 4 saturated carbocycles. The summed E-state index contributed by atoms with van der Waals surface area (Å²) in [6.07, 6.45) is 17.0. The predicted octanol–water partition coefficient (Wildman–Crippen LogP) is 6.99. The minimum absolute atomic E-state index is 0.303. The third kappa shape index (κ3) is 6.41. The summed E-state index contributed by atoms with van der Waals surface area (Å²) in [7, 11) is 0.